The van der Waals surface area contributed by atoms with Gasteiger partial charge in [0.25, 0.3) is 11.5 Å². The van der Waals surface area contributed by atoms with E-state index in [2.05, 4.69) is 10.6 Å². The number of ether oxygens (including phenoxy) is 4. The average molecular weight is 636 g/mol. The predicted octanol–water partition coefficient (Wildman–Crippen LogP) is -3.72. The number of aliphatic hydroxyl groups is 3. The highest BCUT2D eigenvalue weighted by Gasteiger charge is 2.52. The van der Waals surface area contributed by atoms with Gasteiger partial charge in [0.2, 0.25) is 18.1 Å². The smallest absolute Gasteiger partial charge is 0.330 e. The van der Waals surface area contributed by atoms with Crippen LogP contribution in [-0.2, 0) is 33.3 Å². The van der Waals surface area contributed by atoms with E-state index in [1.165, 1.54) is 35.6 Å². The first-order chi connectivity index (χ1) is 19.9. The van der Waals surface area contributed by atoms with Crippen molar-refractivity contribution in [3.8, 4) is 0 Å². The Kier molecular flexibility index (Phi) is 12.4. The molecule has 0 bridgehead atoms. The fraction of sp³-hybridized carbons (Fsp3) is 0.609. The predicted molar refractivity (Wildman–Crippen MR) is 148 cm³/mol. The molecule has 1 saturated heterocycles. The summed E-state index contributed by atoms with van der Waals surface area (Å²) in [6, 6.07) is 1.02. The van der Waals surface area contributed by atoms with Crippen LogP contribution in [0.5, 0.6) is 0 Å². The Balaban J connectivity index is 1.64. The number of aromatic nitrogens is 2. The average Bonchev–Trinajstić information content (AvgIpc) is 3.25. The minimum absolute atomic E-state index is 0.121. The highest BCUT2D eigenvalue weighted by Crippen LogP contribution is 2.34. The molecule has 0 spiro atoms. The molecule has 8 atom stereocenters. The van der Waals surface area contributed by atoms with Crippen molar-refractivity contribution < 1.29 is 48.7 Å². The molecule has 1 aromatic rings. The van der Waals surface area contributed by atoms with Crippen LogP contribution >= 0.6 is 21.6 Å². The van der Waals surface area contributed by atoms with Crippen LogP contribution < -0.4 is 27.6 Å². The molecule has 3 amide bonds. The summed E-state index contributed by atoms with van der Waals surface area (Å²) in [5, 5.41) is 36.8. The summed E-state index contributed by atoms with van der Waals surface area (Å²) in [5.41, 5.74) is 3.93. The number of primary amides is 1. The molecule has 1 fully saturated rings. The van der Waals surface area contributed by atoms with E-state index >= 15 is 0 Å². The number of carbonyl (C=O) groups excluding carboxylic acids is 3. The van der Waals surface area contributed by atoms with Gasteiger partial charge >= 0.3 is 5.69 Å². The molecule has 0 saturated carbocycles. The van der Waals surface area contributed by atoms with Crippen molar-refractivity contribution in [2.45, 2.75) is 56.1 Å². The molecule has 3 rings (SSSR count). The van der Waals surface area contributed by atoms with Gasteiger partial charge in [0, 0.05) is 50.9 Å². The second kappa shape index (κ2) is 15.5. The van der Waals surface area contributed by atoms with Crippen LogP contribution in [0.25, 0.3) is 0 Å². The van der Waals surface area contributed by atoms with Gasteiger partial charge in [0.1, 0.15) is 30.5 Å². The fourth-order valence-corrected chi connectivity index (χ4v) is 5.88. The van der Waals surface area contributed by atoms with Crippen molar-refractivity contribution in [2.75, 3.05) is 31.7 Å². The molecule has 2 aliphatic heterocycles. The Bertz CT molecular complexity index is 1260. The van der Waals surface area contributed by atoms with Gasteiger partial charge < -0.3 is 50.6 Å². The number of carbonyl (C=O) groups is 3. The zero-order chi connectivity index (χ0) is 31.0. The van der Waals surface area contributed by atoms with E-state index in [9.17, 15) is 39.3 Å². The molecule has 0 unspecified atom stereocenters. The zero-order valence-corrected chi connectivity index (χ0v) is 24.2. The summed E-state index contributed by atoms with van der Waals surface area (Å²) in [4.78, 5) is 61.6. The SMILES string of the molecule is CO[C@H]1[C@@H](O)[C@H](n2ccc(=O)[nH]c2=O)O[C@@H]1[C@@H](O[C@H]1OC(C(=O)NCCSSCCNC(C)=O)=C[C@H](O)[C@@H]1O)C(N)=O. The topological polar surface area (TPSA) is 254 Å². The zero-order valence-electron chi connectivity index (χ0n) is 22.5. The van der Waals surface area contributed by atoms with E-state index in [0.717, 1.165) is 22.9 Å². The standard InChI is InChI=1S/C23H33N5O12S2/c1-10(29)25-4-7-41-42-8-5-26-20(35)12-9-11(30)14(32)22(38-12)40-18(19(24)34)17-16(37-2)15(33)21(39-17)28-6-3-13(31)27-23(28)36/h3,6,9,11,14-18,21-22,30,32-33H,4-5,7-8H2,1-2H3,(H2,24,34)(H,25,29)(H,26,35)(H,27,31,36)/t11-,14-,15+,16-,17-,18+,21+,22+/m0/s1. The lowest BCUT2D eigenvalue weighted by Gasteiger charge is -2.35. The van der Waals surface area contributed by atoms with Crippen LogP contribution in [0.3, 0.4) is 0 Å². The Morgan fingerprint density at radius 3 is 2.40 bits per heavy atom. The minimum Gasteiger partial charge on any atom is -0.456 e. The summed E-state index contributed by atoms with van der Waals surface area (Å²) in [6.07, 6.45) is -10.6. The summed E-state index contributed by atoms with van der Waals surface area (Å²) < 4.78 is 22.9. The number of hydrogen-bond acceptors (Lipinski definition) is 14. The lowest BCUT2D eigenvalue weighted by molar-refractivity contribution is -0.241. The highest BCUT2D eigenvalue weighted by atomic mass is 33.1. The van der Waals surface area contributed by atoms with E-state index in [1.54, 1.807) is 0 Å². The summed E-state index contributed by atoms with van der Waals surface area (Å²) in [6.45, 7) is 2.16. The second-order valence-electron chi connectivity index (χ2n) is 9.04. The Morgan fingerprint density at radius 2 is 1.81 bits per heavy atom. The number of nitrogens with zero attached hydrogens (tertiary/aromatic N) is 1. The summed E-state index contributed by atoms with van der Waals surface area (Å²) >= 11 is 0. The van der Waals surface area contributed by atoms with E-state index in [1.807, 2.05) is 4.98 Å². The van der Waals surface area contributed by atoms with Gasteiger partial charge in [0.15, 0.2) is 18.1 Å². The third-order valence-corrected chi connectivity index (χ3v) is 8.45. The third kappa shape index (κ3) is 8.57. The van der Waals surface area contributed by atoms with Gasteiger partial charge in [-0.3, -0.25) is 28.7 Å². The van der Waals surface area contributed by atoms with Crippen molar-refractivity contribution >= 4 is 39.3 Å². The molecular formula is C23H33N5O12S2. The van der Waals surface area contributed by atoms with Crippen molar-refractivity contribution in [3.63, 3.8) is 0 Å². The van der Waals surface area contributed by atoms with Gasteiger partial charge in [-0.1, -0.05) is 21.6 Å². The normalized spacial score (nSPS) is 27.9. The largest absolute Gasteiger partial charge is 0.456 e. The third-order valence-electron chi connectivity index (χ3n) is 6.04. The highest BCUT2D eigenvalue weighted by molar-refractivity contribution is 8.76. The first-order valence-electron chi connectivity index (χ1n) is 12.6. The number of nitrogens with one attached hydrogen (secondary N) is 3. The molecule has 2 aliphatic rings. The van der Waals surface area contributed by atoms with Crippen molar-refractivity contribution in [1.29, 1.82) is 0 Å². The number of nitrogens with two attached hydrogens (primary N) is 1. The lowest BCUT2D eigenvalue weighted by atomic mass is 10.0. The fourth-order valence-electron chi connectivity index (χ4n) is 4.07. The molecule has 0 aromatic carbocycles. The molecule has 8 N–H and O–H groups in total. The number of methoxy groups -OCH3 is 1. The van der Waals surface area contributed by atoms with Gasteiger partial charge in [-0.25, -0.2) is 4.79 Å². The maximum atomic E-state index is 12.6. The van der Waals surface area contributed by atoms with Crippen LogP contribution in [0.15, 0.2) is 33.7 Å². The van der Waals surface area contributed by atoms with Crippen molar-refractivity contribution in [2.24, 2.45) is 5.73 Å². The van der Waals surface area contributed by atoms with Crippen LogP contribution in [0.2, 0.25) is 0 Å². The van der Waals surface area contributed by atoms with Crippen LogP contribution in [0.4, 0.5) is 0 Å². The molecule has 234 valence electrons. The van der Waals surface area contributed by atoms with Crippen LogP contribution in [0, 0.1) is 0 Å². The van der Waals surface area contributed by atoms with Crippen molar-refractivity contribution in [1.82, 2.24) is 20.2 Å². The summed E-state index contributed by atoms with van der Waals surface area (Å²) in [7, 11) is 4.16. The maximum Gasteiger partial charge on any atom is 0.330 e. The maximum absolute atomic E-state index is 12.6. The number of H-pyrrole nitrogens is 1. The van der Waals surface area contributed by atoms with Gasteiger partial charge in [-0.05, 0) is 6.08 Å². The van der Waals surface area contributed by atoms with Gasteiger partial charge in [-0.15, -0.1) is 0 Å². The van der Waals surface area contributed by atoms with E-state index in [-0.39, 0.29) is 12.5 Å². The molecule has 17 nitrogen and oxygen atoms in total. The monoisotopic (exact) mass is 635 g/mol. The first kappa shape index (κ1) is 33.6. The van der Waals surface area contributed by atoms with E-state index in [4.69, 9.17) is 24.7 Å². The summed E-state index contributed by atoms with van der Waals surface area (Å²) in [5.74, 6) is -1.19. The number of aliphatic hydroxyl groups excluding tert-OH is 3. The number of aromatic amines is 1. The molecule has 0 aliphatic carbocycles. The number of rotatable bonds is 14. The Morgan fingerprint density at radius 1 is 1.14 bits per heavy atom. The molecule has 1 aromatic heterocycles. The molecule has 19 heteroatoms. The number of amides is 3. The van der Waals surface area contributed by atoms with Gasteiger partial charge in [-0.2, -0.15) is 0 Å². The molecular weight excluding hydrogens is 602 g/mol. The van der Waals surface area contributed by atoms with E-state index in [0.29, 0.717) is 18.1 Å². The van der Waals surface area contributed by atoms with Crippen molar-refractivity contribution in [3.05, 3.63) is 44.9 Å². The van der Waals surface area contributed by atoms with Gasteiger partial charge in [0.05, 0.1) is 0 Å². The molecule has 42 heavy (non-hydrogen) atoms. The quantitative estimate of drug-likeness (QED) is 0.0767. The molecule has 0 radical (unpaired) electrons. The lowest BCUT2D eigenvalue weighted by Crippen LogP contribution is -2.54. The van der Waals surface area contributed by atoms with Crippen LogP contribution in [-0.4, -0.2) is 117 Å². The Hall–Kier alpha value is -2.91. The Labute approximate surface area is 246 Å². The number of hydrogen-bond donors (Lipinski definition) is 7. The first-order valence-corrected chi connectivity index (χ1v) is 15.1. The van der Waals surface area contributed by atoms with Crippen LogP contribution in [0.1, 0.15) is 13.2 Å². The molecule has 3 heterocycles. The second-order valence-corrected chi connectivity index (χ2v) is 11.7. The minimum atomic E-state index is -1.78. The van der Waals surface area contributed by atoms with E-state index < -0.39 is 78.0 Å².